The largest absolute Gasteiger partial charge is 0.468 e. The Morgan fingerprint density at radius 1 is 0.880 bits per heavy atom. The van der Waals surface area contributed by atoms with Gasteiger partial charge in [0.2, 0.25) is 5.91 Å². The Kier molecular flexibility index (Phi) is 9.73. The van der Waals surface area contributed by atoms with Gasteiger partial charge in [-0.2, -0.15) is 0 Å². The predicted octanol–water partition coefficient (Wildman–Crippen LogP) is -0.350. The van der Waals surface area contributed by atoms with Crippen molar-refractivity contribution in [2.45, 2.75) is 39.3 Å². The topological polar surface area (TPSA) is 128 Å². The van der Waals surface area contributed by atoms with E-state index in [0.29, 0.717) is 0 Å². The SMILES string of the molecule is COC(=O)C(C(=O)OC)[C@@H](C)[C@H](NC(=O)[C@H](O)CC(C)C)C(=O)OC. The average molecular weight is 361 g/mol. The Bertz CT molecular complexity index is 475. The molecule has 0 aromatic rings. The molecule has 9 heteroatoms. The van der Waals surface area contributed by atoms with Gasteiger partial charge in [-0.25, -0.2) is 4.79 Å². The minimum Gasteiger partial charge on any atom is -0.468 e. The molecule has 0 bridgehead atoms. The molecule has 0 aliphatic rings. The third kappa shape index (κ3) is 6.69. The van der Waals surface area contributed by atoms with E-state index in [4.69, 9.17) is 0 Å². The second-order valence-corrected chi connectivity index (χ2v) is 6.04. The van der Waals surface area contributed by atoms with Crippen molar-refractivity contribution in [1.82, 2.24) is 5.32 Å². The van der Waals surface area contributed by atoms with Crippen LogP contribution in [0, 0.1) is 17.8 Å². The zero-order valence-electron chi connectivity index (χ0n) is 15.4. The zero-order chi connectivity index (χ0) is 19.7. The zero-order valence-corrected chi connectivity index (χ0v) is 15.4. The van der Waals surface area contributed by atoms with Crippen molar-refractivity contribution in [3.63, 3.8) is 0 Å². The lowest BCUT2D eigenvalue weighted by atomic mass is 9.87. The number of nitrogens with one attached hydrogen (secondary N) is 1. The number of esters is 3. The van der Waals surface area contributed by atoms with Crippen molar-refractivity contribution in [3.8, 4) is 0 Å². The van der Waals surface area contributed by atoms with Gasteiger partial charge >= 0.3 is 17.9 Å². The van der Waals surface area contributed by atoms with Gasteiger partial charge in [0, 0.05) is 5.92 Å². The van der Waals surface area contributed by atoms with Crippen molar-refractivity contribution in [2.24, 2.45) is 17.8 Å². The molecule has 0 fully saturated rings. The second kappa shape index (κ2) is 10.7. The molecular formula is C16H27NO8. The smallest absolute Gasteiger partial charge is 0.328 e. The van der Waals surface area contributed by atoms with Crippen LogP contribution in [0.15, 0.2) is 0 Å². The summed E-state index contributed by atoms with van der Waals surface area (Å²) in [6.45, 7) is 5.04. The van der Waals surface area contributed by atoms with Crippen molar-refractivity contribution < 1.29 is 38.5 Å². The molecule has 0 saturated heterocycles. The number of methoxy groups -OCH3 is 3. The van der Waals surface area contributed by atoms with Crippen LogP contribution in [0.4, 0.5) is 0 Å². The molecule has 0 aliphatic carbocycles. The van der Waals surface area contributed by atoms with Gasteiger partial charge in [-0.15, -0.1) is 0 Å². The number of carbonyl (C=O) groups excluding carboxylic acids is 4. The first kappa shape index (κ1) is 22.8. The highest BCUT2D eigenvalue weighted by Gasteiger charge is 2.42. The van der Waals surface area contributed by atoms with Gasteiger partial charge in [0.25, 0.3) is 0 Å². The van der Waals surface area contributed by atoms with E-state index in [0.717, 1.165) is 21.3 Å². The Morgan fingerprint density at radius 2 is 1.32 bits per heavy atom. The van der Waals surface area contributed by atoms with Crippen molar-refractivity contribution in [2.75, 3.05) is 21.3 Å². The lowest BCUT2D eigenvalue weighted by molar-refractivity contribution is -0.163. The monoisotopic (exact) mass is 361 g/mol. The third-order valence-corrected chi connectivity index (χ3v) is 3.71. The van der Waals surface area contributed by atoms with Crippen LogP contribution in [0.1, 0.15) is 27.2 Å². The summed E-state index contributed by atoms with van der Waals surface area (Å²) in [4.78, 5) is 47.9. The minimum atomic E-state index is -1.44. The molecular weight excluding hydrogens is 334 g/mol. The highest BCUT2D eigenvalue weighted by molar-refractivity contribution is 5.96. The molecule has 144 valence electrons. The number of hydrogen-bond acceptors (Lipinski definition) is 8. The summed E-state index contributed by atoms with van der Waals surface area (Å²) >= 11 is 0. The summed E-state index contributed by atoms with van der Waals surface area (Å²) in [7, 11) is 3.27. The molecule has 0 aromatic heterocycles. The van der Waals surface area contributed by atoms with E-state index in [9.17, 15) is 24.3 Å². The Hall–Kier alpha value is -2.16. The average Bonchev–Trinajstić information content (AvgIpc) is 2.57. The van der Waals surface area contributed by atoms with E-state index in [2.05, 4.69) is 19.5 Å². The molecule has 0 radical (unpaired) electrons. The molecule has 3 atom stereocenters. The fourth-order valence-electron chi connectivity index (χ4n) is 2.31. The highest BCUT2D eigenvalue weighted by atomic mass is 16.5. The van der Waals surface area contributed by atoms with E-state index in [1.807, 2.05) is 13.8 Å². The maximum atomic E-state index is 12.1. The van der Waals surface area contributed by atoms with Crippen LogP contribution in [0.25, 0.3) is 0 Å². The Labute approximate surface area is 147 Å². The van der Waals surface area contributed by atoms with Gasteiger partial charge in [0.1, 0.15) is 12.1 Å². The van der Waals surface area contributed by atoms with E-state index in [1.165, 1.54) is 6.92 Å². The summed E-state index contributed by atoms with van der Waals surface area (Å²) in [6, 6.07) is -1.34. The number of amides is 1. The van der Waals surface area contributed by atoms with Gasteiger partial charge in [-0.1, -0.05) is 20.8 Å². The number of rotatable bonds is 9. The number of ether oxygens (including phenoxy) is 3. The number of aliphatic hydroxyl groups is 1. The quantitative estimate of drug-likeness (QED) is 0.324. The molecule has 0 saturated carbocycles. The summed E-state index contributed by atoms with van der Waals surface area (Å²) in [5, 5.41) is 12.2. The van der Waals surface area contributed by atoms with Crippen LogP contribution in [-0.4, -0.2) is 62.4 Å². The fourth-order valence-corrected chi connectivity index (χ4v) is 2.31. The highest BCUT2D eigenvalue weighted by Crippen LogP contribution is 2.21. The normalized spacial score (nSPS) is 14.4. The van der Waals surface area contributed by atoms with Crippen LogP contribution >= 0.6 is 0 Å². The molecule has 0 unspecified atom stereocenters. The van der Waals surface area contributed by atoms with E-state index in [1.54, 1.807) is 0 Å². The summed E-state index contributed by atoms with van der Waals surface area (Å²) < 4.78 is 13.8. The fraction of sp³-hybridized carbons (Fsp3) is 0.750. The first-order chi connectivity index (χ1) is 11.6. The minimum absolute atomic E-state index is 0.0487. The van der Waals surface area contributed by atoms with Gasteiger partial charge in [0.05, 0.1) is 21.3 Å². The molecule has 2 N–H and O–H groups in total. The molecule has 9 nitrogen and oxygen atoms in total. The first-order valence-electron chi connectivity index (χ1n) is 7.82. The molecule has 25 heavy (non-hydrogen) atoms. The van der Waals surface area contributed by atoms with Gasteiger partial charge in [-0.3, -0.25) is 14.4 Å². The van der Waals surface area contributed by atoms with Crippen molar-refractivity contribution in [1.29, 1.82) is 0 Å². The standard InChI is InChI=1S/C16H27NO8/c1-8(2)7-10(18)13(19)17-12(16(22)25-6)9(3)11(14(20)23-4)15(21)24-5/h8-12,18H,7H2,1-6H3,(H,17,19)/t9-,10-,12+/m1/s1. The van der Waals surface area contributed by atoms with Gasteiger partial charge in [-0.05, 0) is 12.3 Å². The number of hydrogen-bond donors (Lipinski definition) is 2. The molecule has 0 spiro atoms. The predicted molar refractivity (Wildman–Crippen MR) is 86.1 cm³/mol. The lowest BCUT2D eigenvalue weighted by Gasteiger charge is -2.27. The Morgan fingerprint density at radius 3 is 1.68 bits per heavy atom. The van der Waals surface area contributed by atoms with Crippen LogP contribution < -0.4 is 5.32 Å². The maximum Gasteiger partial charge on any atom is 0.328 e. The van der Waals surface area contributed by atoms with Crippen LogP contribution in [0.2, 0.25) is 0 Å². The molecule has 0 aromatic carbocycles. The summed E-state index contributed by atoms with van der Waals surface area (Å²) in [5.74, 6) is -5.91. The van der Waals surface area contributed by atoms with Crippen molar-refractivity contribution >= 4 is 23.8 Å². The maximum absolute atomic E-state index is 12.1. The van der Waals surface area contributed by atoms with Crippen LogP contribution in [0.5, 0.6) is 0 Å². The molecule has 1 amide bonds. The van der Waals surface area contributed by atoms with Gasteiger partial charge in [0.15, 0.2) is 5.92 Å². The number of aliphatic hydroxyl groups excluding tert-OH is 1. The molecule has 0 heterocycles. The molecule has 0 rings (SSSR count). The second-order valence-electron chi connectivity index (χ2n) is 6.04. The van der Waals surface area contributed by atoms with Crippen LogP contribution in [-0.2, 0) is 33.4 Å². The Balaban J connectivity index is 5.48. The van der Waals surface area contributed by atoms with E-state index < -0.39 is 47.8 Å². The van der Waals surface area contributed by atoms with Crippen molar-refractivity contribution in [3.05, 3.63) is 0 Å². The van der Waals surface area contributed by atoms with Crippen LogP contribution in [0.3, 0.4) is 0 Å². The van der Waals surface area contributed by atoms with Gasteiger partial charge < -0.3 is 24.6 Å². The third-order valence-electron chi connectivity index (χ3n) is 3.71. The van der Waals surface area contributed by atoms with E-state index in [-0.39, 0.29) is 12.3 Å². The first-order valence-corrected chi connectivity index (χ1v) is 7.82. The van der Waals surface area contributed by atoms with E-state index >= 15 is 0 Å². The number of carbonyl (C=O) groups is 4. The summed E-state index contributed by atoms with van der Waals surface area (Å²) in [6.07, 6.45) is -1.15. The lowest BCUT2D eigenvalue weighted by Crippen LogP contribution is -2.53. The molecule has 0 aliphatic heterocycles. The summed E-state index contributed by atoms with van der Waals surface area (Å²) in [5.41, 5.74) is 0.